The van der Waals surface area contributed by atoms with Crippen LogP contribution < -0.4 is 15.5 Å². The molecular weight excluding hydrogens is 326 g/mol. The third-order valence-electron chi connectivity index (χ3n) is 4.81. The molecule has 1 aromatic heterocycles. The Morgan fingerprint density at radius 1 is 1.04 bits per heavy atom. The molecule has 1 amide bonds. The van der Waals surface area contributed by atoms with Crippen molar-refractivity contribution in [3.63, 3.8) is 0 Å². The molecule has 3 rings (SSSR count). The number of nitrogens with zero attached hydrogens (tertiary/aromatic N) is 3. The molecule has 138 valence electrons. The summed E-state index contributed by atoms with van der Waals surface area (Å²) >= 11 is 0. The summed E-state index contributed by atoms with van der Waals surface area (Å²) in [6.07, 6.45) is 5.69. The van der Waals surface area contributed by atoms with E-state index >= 15 is 0 Å². The Morgan fingerprint density at radius 2 is 1.69 bits per heavy atom. The van der Waals surface area contributed by atoms with Crippen LogP contribution in [-0.4, -0.2) is 42.1 Å². The maximum atomic E-state index is 12.3. The normalized spacial score (nSPS) is 19.7. The van der Waals surface area contributed by atoms with Crippen LogP contribution in [0, 0.1) is 6.92 Å². The Balaban J connectivity index is 1.49. The summed E-state index contributed by atoms with van der Waals surface area (Å²) in [4.78, 5) is 23.1. The highest BCUT2D eigenvalue weighted by Gasteiger charge is 2.23. The van der Waals surface area contributed by atoms with Crippen LogP contribution >= 0.6 is 0 Å². The van der Waals surface area contributed by atoms with E-state index in [1.54, 1.807) is 6.20 Å². The Kier molecular flexibility index (Phi) is 5.71. The largest absolute Gasteiger partial charge is 0.363 e. The molecule has 1 saturated carbocycles. The van der Waals surface area contributed by atoms with Gasteiger partial charge in [0.2, 0.25) is 5.95 Å². The lowest BCUT2D eigenvalue weighted by atomic mass is 9.91. The molecule has 2 N–H and O–H groups in total. The Labute approximate surface area is 155 Å². The molecule has 0 unspecified atom stereocenters. The van der Waals surface area contributed by atoms with Gasteiger partial charge < -0.3 is 15.5 Å². The summed E-state index contributed by atoms with van der Waals surface area (Å²) in [5.74, 6) is 1.58. The number of aryl methyl sites for hydroxylation is 1. The average Bonchev–Trinajstić information content (AvgIpc) is 2.64. The van der Waals surface area contributed by atoms with Crippen molar-refractivity contribution < 1.29 is 4.79 Å². The minimum Gasteiger partial charge on any atom is -0.363 e. The minimum absolute atomic E-state index is 0.0171. The molecule has 0 spiro atoms. The SMILES string of the molecule is Cc1ccc(C(=O)N[C@H]2CC[C@@H](Nc3nccc(N(C)C)n3)CC2)cc1. The van der Waals surface area contributed by atoms with Crippen LogP contribution in [0.5, 0.6) is 0 Å². The lowest BCUT2D eigenvalue weighted by Crippen LogP contribution is -2.40. The average molecular weight is 353 g/mol. The molecule has 0 radical (unpaired) electrons. The van der Waals surface area contributed by atoms with Crippen LogP contribution in [0.4, 0.5) is 11.8 Å². The minimum atomic E-state index is 0.0171. The standard InChI is InChI=1S/C20H27N5O/c1-14-4-6-15(7-5-14)19(26)22-16-8-10-17(11-9-16)23-20-21-13-12-18(24-20)25(2)3/h4-7,12-13,16-17H,8-11H2,1-3H3,(H,22,26)(H,21,23,24)/t16-,17+. The molecule has 0 atom stereocenters. The van der Waals surface area contributed by atoms with Gasteiger partial charge in [-0.2, -0.15) is 4.98 Å². The van der Waals surface area contributed by atoms with Gasteiger partial charge in [0.1, 0.15) is 5.82 Å². The first-order valence-corrected chi connectivity index (χ1v) is 9.15. The number of aromatic nitrogens is 2. The van der Waals surface area contributed by atoms with Crippen LogP contribution in [0.15, 0.2) is 36.5 Å². The second kappa shape index (κ2) is 8.17. The molecule has 0 bridgehead atoms. The summed E-state index contributed by atoms with van der Waals surface area (Å²) in [5.41, 5.74) is 1.89. The van der Waals surface area contributed by atoms with E-state index in [0.29, 0.717) is 12.0 Å². The van der Waals surface area contributed by atoms with Crippen molar-refractivity contribution in [3.05, 3.63) is 47.7 Å². The maximum Gasteiger partial charge on any atom is 0.251 e. The second-order valence-corrected chi connectivity index (χ2v) is 7.17. The number of hydrogen-bond donors (Lipinski definition) is 2. The monoisotopic (exact) mass is 353 g/mol. The van der Waals surface area contributed by atoms with Gasteiger partial charge in [0.05, 0.1) is 0 Å². The zero-order chi connectivity index (χ0) is 18.5. The van der Waals surface area contributed by atoms with E-state index in [1.807, 2.05) is 56.3 Å². The fourth-order valence-corrected chi connectivity index (χ4v) is 3.21. The number of hydrogen-bond acceptors (Lipinski definition) is 5. The number of carbonyl (C=O) groups excluding carboxylic acids is 1. The highest BCUT2D eigenvalue weighted by molar-refractivity contribution is 5.94. The molecular formula is C20H27N5O. The fraction of sp³-hybridized carbons (Fsp3) is 0.450. The molecule has 2 aromatic rings. The molecule has 0 aliphatic heterocycles. The number of carbonyl (C=O) groups is 1. The van der Waals surface area contributed by atoms with E-state index in [4.69, 9.17) is 0 Å². The molecule has 6 heteroatoms. The van der Waals surface area contributed by atoms with Crippen molar-refractivity contribution in [2.24, 2.45) is 0 Å². The van der Waals surface area contributed by atoms with Crippen molar-refractivity contribution in [1.82, 2.24) is 15.3 Å². The van der Waals surface area contributed by atoms with Crippen LogP contribution in [0.1, 0.15) is 41.6 Å². The van der Waals surface area contributed by atoms with Gasteiger partial charge in [0.15, 0.2) is 0 Å². The van der Waals surface area contributed by atoms with Crippen molar-refractivity contribution in [3.8, 4) is 0 Å². The first kappa shape index (κ1) is 18.2. The lowest BCUT2D eigenvalue weighted by Gasteiger charge is -2.29. The first-order chi connectivity index (χ1) is 12.5. The van der Waals surface area contributed by atoms with Crippen LogP contribution in [0.3, 0.4) is 0 Å². The zero-order valence-electron chi connectivity index (χ0n) is 15.7. The molecule has 6 nitrogen and oxygen atoms in total. The van der Waals surface area contributed by atoms with E-state index < -0.39 is 0 Å². The predicted molar refractivity (Wildman–Crippen MR) is 105 cm³/mol. The Hall–Kier alpha value is -2.63. The number of rotatable bonds is 5. The topological polar surface area (TPSA) is 70.2 Å². The van der Waals surface area contributed by atoms with Crippen LogP contribution in [-0.2, 0) is 0 Å². The zero-order valence-corrected chi connectivity index (χ0v) is 15.7. The molecule has 26 heavy (non-hydrogen) atoms. The van der Waals surface area contributed by atoms with Crippen molar-refractivity contribution in [1.29, 1.82) is 0 Å². The first-order valence-electron chi connectivity index (χ1n) is 9.15. The van der Waals surface area contributed by atoms with Gasteiger partial charge in [-0.1, -0.05) is 17.7 Å². The summed E-state index contributed by atoms with van der Waals surface area (Å²) < 4.78 is 0. The second-order valence-electron chi connectivity index (χ2n) is 7.17. The van der Waals surface area contributed by atoms with Crippen molar-refractivity contribution >= 4 is 17.7 Å². The maximum absolute atomic E-state index is 12.3. The Morgan fingerprint density at radius 3 is 2.35 bits per heavy atom. The van der Waals surface area contributed by atoms with E-state index in [0.717, 1.165) is 42.6 Å². The number of benzene rings is 1. The smallest absolute Gasteiger partial charge is 0.251 e. The molecule has 1 fully saturated rings. The van der Waals surface area contributed by atoms with Gasteiger partial charge in [-0.25, -0.2) is 4.98 Å². The molecule has 1 aliphatic carbocycles. The van der Waals surface area contributed by atoms with Gasteiger partial charge in [-0.05, 0) is 50.8 Å². The summed E-state index contributed by atoms with van der Waals surface area (Å²) in [7, 11) is 3.93. The lowest BCUT2D eigenvalue weighted by molar-refractivity contribution is 0.0926. The summed E-state index contributed by atoms with van der Waals surface area (Å²) in [6.45, 7) is 2.02. The molecule has 1 aromatic carbocycles. The molecule has 1 aliphatic rings. The molecule has 0 saturated heterocycles. The van der Waals surface area contributed by atoms with Gasteiger partial charge in [0, 0.05) is 37.9 Å². The Bertz CT molecular complexity index is 736. The van der Waals surface area contributed by atoms with Gasteiger partial charge >= 0.3 is 0 Å². The fourth-order valence-electron chi connectivity index (χ4n) is 3.21. The molecule has 1 heterocycles. The number of nitrogens with one attached hydrogen (secondary N) is 2. The van der Waals surface area contributed by atoms with Gasteiger partial charge in [0.25, 0.3) is 5.91 Å². The summed E-state index contributed by atoms with van der Waals surface area (Å²) in [5, 5.41) is 6.58. The quantitative estimate of drug-likeness (QED) is 0.865. The predicted octanol–water partition coefficient (Wildman–Crippen LogP) is 3.00. The van der Waals surface area contributed by atoms with Crippen molar-refractivity contribution in [2.45, 2.75) is 44.7 Å². The van der Waals surface area contributed by atoms with Crippen molar-refractivity contribution in [2.75, 3.05) is 24.3 Å². The third kappa shape index (κ3) is 4.71. The van der Waals surface area contributed by atoms with Gasteiger partial charge in [-0.3, -0.25) is 4.79 Å². The van der Waals surface area contributed by atoms with Gasteiger partial charge in [-0.15, -0.1) is 0 Å². The van der Waals surface area contributed by atoms with E-state index in [-0.39, 0.29) is 11.9 Å². The highest BCUT2D eigenvalue weighted by Crippen LogP contribution is 2.22. The summed E-state index contributed by atoms with van der Waals surface area (Å²) in [6, 6.07) is 10.2. The number of amides is 1. The van der Waals surface area contributed by atoms with Crippen LogP contribution in [0.2, 0.25) is 0 Å². The third-order valence-corrected chi connectivity index (χ3v) is 4.81. The van der Waals surface area contributed by atoms with E-state index in [1.165, 1.54) is 0 Å². The van der Waals surface area contributed by atoms with E-state index in [2.05, 4.69) is 20.6 Å². The highest BCUT2D eigenvalue weighted by atomic mass is 16.1. The van der Waals surface area contributed by atoms with Crippen LogP contribution in [0.25, 0.3) is 0 Å². The van der Waals surface area contributed by atoms with E-state index in [9.17, 15) is 4.79 Å². The number of anilines is 2.